The fraction of sp³-hybridized carbons (Fsp3) is 0.143. The van der Waals surface area contributed by atoms with E-state index in [0.717, 1.165) is 38.7 Å². The van der Waals surface area contributed by atoms with Gasteiger partial charge in [0, 0.05) is 21.9 Å². The van der Waals surface area contributed by atoms with Crippen LogP contribution in [0.25, 0.3) is 32.9 Å². The third-order valence-electron chi connectivity index (χ3n) is 4.38. The Balaban J connectivity index is 2.12. The van der Waals surface area contributed by atoms with E-state index in [4.69, 9.17) is 9.47 Å². The maximum atomic E-state index is 12.5. The normalized spacial score (nSPS) is 11.0. The number of methoxy groups -OCH3 is 1. The van der Waals surface area contributed by atoms with E-state index in [1.807, 2.05) is 48.5 Å². The maximum absolute atomic E-state index is 12.5. The third-order valence-corrected chi connectivity index (χ3v) is 4.38. The molecule has 2 aromatic carbocycles. The topological polar surface area (TPSA) is 64.2 Å². The number of carbonyl (C=O) groups is 1. The van der Waals surface area contributed by atoms with Gasteiger partial charge in [-0.05, 0) is 30.7 Å². The Kier molecular flexibility index (Phi) is 4.05. The lowest BCUT2D eigenvalue weighted by Gasteiger charge is -2.10. The Hall–Kier alpha value is -3.34. The van der Waals surface area contributed by atoms with E-state index in [-0.39, 0.29) is 0 Å². The smallest absolute Gasteiger partial charge is 0.357 e. The predicted octanol–water partition coefficient (Wildman–Crippen LogP) is 4.57. The second kappa shape index (κ2) is 6.52. The number of aromatic amines is 1. The largest absolute Gasteiger partial charge is 0.497 e. The number of nitrogens with one attached hydrogen (secondary N) is 1. The van der Waals surface area contributed by atoms with Gasteiger partial charge in [-0.3, -0.25) is 0 Å². The van der Waals surface area contributed by atoms with Gasteiger partial charge < -0.3 is 14.5 Å². The van der Waals surface area contributed by atoms with Crippen molar-refractivity contribution >= 4 is 27.8 Å². The summed E-state index contributed by atoms with van der Waals surface area (Å²) < 4.78 is 10.6. The molecule has 0 fully saturated rings. The van der Waals surface area contributed by atoms with Gasteiger partial charge in [-0.2, -0.15) is 0 Å². The first-order valence-corrected chi connectivity index (χ1v) is 8.44. The van der Waals surface area contributed by atoms with Crippen LogP contribution in [-0.2, 0) is 4.74 Å². The molecule has 0 unspecified atom stereocenters. The molecular weight excluding hydrogens is 328 g/mol. The highest BCUT2D eigenvalue weighted by molar-refractivity contribution is 6.17. The van der Waals surface area contributed by atoms with Crippen molar-refractivity contribution in [2.24, 2.45) is 0 Å². The Morgan fingerprint density at radius 3 is 2.65 bits per heavy atom. The summed E-state index contributed by atoms with van der Waals surface area (Å²) in [5, 5.41) is 1.91. The summed E-state index contributed by atoms with van der Waals surface area (Å²) in [4.78, 5) is 20.3. The van der Waals surface area contributed by atoms with Gasteiger partial charge in [0.1, 0.15) is 5.75 Å². The number of H-pyrrole nitrogens is 1. The molecule has 0 aliphatic rings. The van der Waals surface area contributed by atoms with Crippen LogP contribution in [0.3, 0.4) is 0 Å². The molecule has 0 saturated carbocycles. The molecule has 2 aromatic heterocycles. The minimum Gasteiger partial charge on any atom is -0.497 e. The summed E-state index contributed by atoms with van der Waals surface area (Å²) in [6.07, 6.45) is 1.68. The summed E-state index contributed by atoms with van der Waals surface area (Å²) in [5.74, 6) is 0.331. The number of nitrogens with zero attached hydrogens (tertiary/aromatic N) is 1. The van der Waals surface area contributed by atoms with Crippen molar-refractivity contribution in [2.45, 2.75) is 6.92 Å². The van der Waals surface area contributed by atoms with Gasteiger partial charge in [-0.1, -0.05) is 30.3 Å². The standard InChI is InChI=1S/C21H18N2O3/c1-3-26-21(24)20-18(13-7-5-4-6-8-13)19-15-11-14(25-2)9-10-16(15)23-17(19)12-22-20/h4-12,23H,3H2,1-2H3. The van der Waals surface area contributed by atoms with Crippen molar-refractivity contribution in [3.8, 4) is 16.9 Å². The third kappa shape index (κ3) is 2.58. The number of pyridine rings is 1. The van der Waals surface area contributed by atoms with Gasteiger partial charge in [0.05, 0.1) is 25.4 Å². The van der Waals surface area contributed by atoms with Crippen molar-refractivity contribution in [1.29, 1.82) is 0 Å². The second-order valence-corrected chi connectivity index (χ2v) is 5.89. The molecule has 0 radical (unpaired) electrons. The van der Waals surface area contributed by atoms with Crippen LogP contribution < -0.4 is 4.74 Å². The molecule has 0 spiro atoms. The average molecular weight is 346 g/mol. The minimum absolute atomic E-state index is 0.300. The number of fused-ring (bicyclic) bond motifs is 3. The zero-order valence-electron chi connectivity index (χ0n) is 14.6. The molecule has 1 N–H and O–H groups in total. The Morgan fingerprint density at radius 1 is 1.12 bits per heavy atom. The highest BCUT2D eigenvalue weighted by atomic mass is 16.5. The van der Waals surface area contributed by atoms with Gasteiger partial charge >= 0.3 is 5.97 Å². The fourth-order valence-corrected chi connectivity index (χ4v) is 3.24. The van der Waals surface area contributed by atoms with Crippen LogP contribution in [0.2, 0.25) is 0 Å². The van der Waals surface area contributed by atoms with Gasteiger partial charge in [-0.15, -0.1) is 0 Å². The fourth-order valence-electron chi connectivity index (χ4n) is 3.24. The summed E-state index contributed by atoms with van der Waals surface area (Å²) in [5.41, 5.74) is 3.81. The molecule has 0 amide bonds. The van der Waals surface area contributed by atoms with Crippen LogP contribution >= 0.6 is 0 Å². The van der Waals surface area contributed by atoms with Crippen LogP contribution in [0.4, 0.5) is 0 Å². The van der Waals surface area contributed by atoms with Crippen LogP contribution in [0.5, 0.6) is 5.75 Å². The molecule has 0 aliphatic carbocycles. The highest BCUT2D eigenvalue weighted by Crippen LogP contribution is 2.37. The zero-order valence-corrected chi connectivity index (χ0v) is 14.6. The number of rotatable bonds is 4. The SMILES string of the molecule is CCOC(=O)c1ncc2[nH]c3ccc(OC)cc3c2c1-c1ccccc1. The van der Waals surface area contributed by atoms with Crippen LogP contribution in [-0.4, -0.2) is 29.7 Å². The van der Waals surface area contributed by atoms with E-state index in [1.54, 1.807) is 20.2 Å². The molecule has 5 nitrogen and oxygen atoms in total. The van der Waals surface area contributed by atoms with Gasteiger partial charge in [0.15, 0.2) is 5.69 Å². The molecular formula is C21H18N2O3. The first-order chi connectivity index (χ1) is 12.7. The van der Waals surface area contributed by atoms with E-state index < -0.39 is 5.97 Å². The summed E-state index contributed by atoms with van der Waals surface area (Å²) in [7, 11) is 1.64. The van der Waals surface area contributed by atoms with Crippen LogP contribution in [0.15, 0.2) is 54.7 Å². The lowest BCUT2D eigenvalue weighted by atomic mass is 9.98. The van der Waals surface area contributed by atoms with E-state index >= 15 is 0 Å². The molecule has 0 atom stereocenters. The lowest BCUT2D eigenvalue weighted by Crippen LogP contribution is -2.09. The Morgan fingerprint density at radius 2 is 1.92 bits per heavy atom. The van der Waals surface area contributed by atoms with Crippen molar-refractivity contribution in [3.63, 3.8) is 0 Å². The number of aromatic nitrogens is 2. The molecule has 0 bridgehead atoms. The summed E-state index contributed by atoms with van der Waals surface area (Å²) in [6.45, 7) is 2.09. The van der Waals surface area contributed by atoms with E-state index in [2.05, 4.69) is 9.97 Å². The number of esters is 1. The zero-order chi connectivity index (χ0) is 18.1. The van der Waals surface area contributed by atoms with Gasteiger partial charge in [-0.25, -0.2) is 9.78 Å². The average Bonchev–Trinajstić information content (AvgIpc) is 3.05. The molecule has 26 heavy (non-hydrogen) atoms. The molecule has 130 valence electrons. The van der Waals surface area contributed by atoms with E-state index in [9.17, 15) is 4.79 Å². The number of hydrogen-bond acceptors (Lipinski definition) is 4. The molecule has 2 heterocycles. The van der Waals surface area contributed by atoms with Crippen LogP contribution in [0.1, 0.15) is 17.4 Å². The van der Waals surface area contributed by atoms with Crippen molar-refractivity contribution < 1.29 is 14.3 Å². The molecule has 5 heteroatoms. The highest BCUT2D eigenvalue weighted by Gasteiger charge is 2.21. The Bertz CT molecular complexity index is 1100. The quantitative estimate of drug-likeness (QED) is 0.550. The maximum Gasteiger partial charge on any atom is 0.357 e. The van der Waals surface area contributed by atoms with Gasteiger partial charge in [0.25, 0.3) is 0 Å². The number of carbonyl (C=O) groups excluding carboxylic acids is 1. The number of benzene rings is 2. The van der Waals surface area contributed by atoms with E-state index in [0.29, 0.717) is 12.3 Å². The summed E-state index contributed by atoms with van der Waals surface area (Å²) >= 11 is 0. The predicted molar refractivity (Wildman–Crippen MR) is 102 cm³/mol. The number of hydrogen-bond donors (Lipinski definition) is 1. The molecule has 4 rings (SSSR count). The van der Waals surface area contributed by atoms with Crippen molar-refractivity contribution in [2.75, 3.05) is 13.7 Å². The van der Waals surface area contributed by atoms with E-state index in [1.165, 1.54) is 0 Å². The Labute approximate surface area is 150 Å². The molecule has 0 aliphatic heterocycles. The van der Waals surface area contributed by atoms with Crippen LogP contribution in [0, 0.1) is 0 Å². The van der Waals surface area contributed by atoms with Crippen molar-refractivity contribution in [3.05, 3.63) is 60.4 Å². The van der Waals surface area contributed by atoms with Crippen molar-refractivity contribution in [1.82, 2.24) is 9.97 Å². The molecule has 4 aromatic rings. The summed E-state index contributed by atoms with van der Waals surface area (Å²) in [6, 6.07) is 15.6. The second-order valence-electron chi connectivity index (χ2n) is 5.89. The molecule has 0 saturated heterocycles. The minimum atomic E-state index is -0.425. The lowest BCUT2D eigenvalue weighted by molar-refractivity contribution is 0.0520. The first kappa shape index (κ1) is 16.1. The first-order valence-electron chi connectivity index (χ1n) is 8.44. The van der Waals surface area contributed by atoms with Gasteiger partial charge in [0.2, 0.25) is 0 Å². The monoisotopic (exact) mass is 346 g/mol. The number of ether oxygens (including phenoxy) is 2.